The monoisotopic (exact) mass is 333 g/mol. The fourth-order valence-corrected chi connectivity index (χ4v) is 4.13. The molecule has 0 unspecified atom stereocenters. The molecule has 1 fully saturated rings. The number of ether oxygens (including phenoxy) is 1. The molecule has 0 aromatic carbocycles. The topological polar surface area (TPSA) is 75.0 Å². The summed E-state index contributed by atoms with van der Waals surface area (Å²) in [5.41, 5.74) is -0.124. The molecule has 1 saturated heterocycles. The van der Waals surface area contributed by atoms with Crippen LogP contribution in [-0.2, 0) is 4.74 Å². The highest BCUT2D eigenvalue weighted by molar-refractivity contribution is 7.22. The molecule has 3 rings (SSSR count). The smallest absolute Gasteiger partial charge is 0.264 e. The highest BCUT2D eigenvalue weighted by Crippen LogP contribution is 2.31. The van der Waals surface area contributed by atoms with E-state index >= 15 is 0 Å². The molecule has 1 N–H and O–H groups in total. The lowest BCUT2D eigenvalue weighted by Gasteiger charge is -2.31. The lowest BCUT2D eigenvalue weighted by Crippen LogP contribution is -2.50. The van der Waals surface area contributed by atoms with Gasteiger partial charge in [0.1, 0.15) is 15.4 Å². The van der Waals surface area contributed by atoms with Crippen LogP contribution < -0.4 is 5.32 Å². The van der Waals surface area contributed by atoms with E-state index in [9.17, 15) is 10.1 Å². The zero-order valence-corrected chi connectivity index (χ0v) is 13.7. The molecule has 3 heterocycles. The van der Waals surface area contributed by atoms with Crippen LogP contribution in [0.25, 0.3) is 9.88 Å². The van der Waals surface area contributed by atoms with Crippen LogP contribution in [-0.4, -0.2) is 29.6 Å². The maximum atomic E-state index is 12.6. The minimum Gasteiger partial charge on any atom is -0.381 e. The number of carbonyl (C=O) groups excluding carboxylic acids is 1. The normalized spacial score (nSPS) is 16.9. The predicted molar refractivity (Wildman–Crippen MR) is 86.0 cm³/mol. The van der Waals surface area contributed by atoms with Crippen molar-refractivity contribution in [2.75, 3.05) is 13.2 Å². The number of hydrogen-bond acceptors (Lipinski definition) is 6. The minimum atomic E-state index is -0.825. The number of amides is 1. The zero-order valence-electron chi connectivity index (χ0n) is 12.1. The van der Waals surface area contributed by atoms with E-state index in [1.807, 2.05) is 24.4 Å². The first-order valence-electron chi connectivity index (χ1n) is 6.96. The average molecular weight is 333 g/mol. The Bertz CT molecular complexity index is 710. The first-order valence-corrected chi connectivity index (χ1v) is 8.66. The number of nitriles is 1. The molecule has 0 aliphatic carbocycles. The summed E-state index contributed by atoms with van der Waals surface area (Å²) in [7, 11) is 0. The highest BCUT2D eigenvalue weighted by atomic mass is 32.1. The summed E-state index contributed by atoms with van der Waals surface area (Å²) in [6.45, 7) is 2.82. The third-order valence-corrected chi connectivity index (χ3v) is 5.84. The lowest BCUT2D eigenvalue weighted by molar-refractivity contribution is 0.0532. The number of nitrogens with one attached hydrogen (secondary N) is 1. The van der Waals surface area contributed by atoms with Crippen LogP contribution in [0, 0.1) is 18.3 Å². The van der Waals surface area contributed by atoms with Gasteiger partial charge in [0.05, 0.1) is 16.6 Å². The average Bonchev–Trinajstić information content (AvgIpc) is 3.17. The molecule has 0 radical (unpaired) electrons. The van der Waals surface area contributed by atoms with Crippen LogP contribution in [0.4, 0.5) is 0 Å². The third-order valence-electron chi connectivity index (χ3n) is 3.65. The van der Waals surface area contributed by atoms with E-state index in [0.29, 0.717) is 36.6 Å². The molecule has 2 aromatic heterocycles. The van der Waals surface area contributed by atoms with Crippen molar-refractivity contribution in [2.24, 2.45) is 0 Å². The maximum Gasteiger partial charge on any atom is 0.264 e. The van der Waals surface area contributed by atoms with Crippen molar-refractivity contribution in [1.29, 1.82) is 5.26 Å². The van der Waals surface area contributed by atoms with Gasteiger partial charge in [-0.15, -0.1) is 22.7 Å². The van der Waals surface area contributed by atoms with Gasteiger partial charge in [-0.2, -0.15) is 5.26 Å². The van der Waals surface area contributed by atoms with Gasteiger partial charge in [0.25, 0.3) is 5.91 Å². The second kappa shape index (κ2) is 6.16. The number of rotatable bonds is 3. The molecule has 0 bridgehead atoms. The first-order chi connectivity index (χ1) is 10.6. The Hall–Kier alpha value is -1.75. The molecule has 22 heavy (non-hydrogen) atoms. The Morgan fingerprint density at radius 1 is 1.50 bits per heavy atom. The van der Waals surface area contributed by atoms with Gasteiger partial charge in [-0.3, -0.25) is 4.79 Å². The standard InChI is InChI=1S/C15H15N3O2S2/c1-10-12(22-14(17-10)11-3-2-8-21-11)13(19)18-15(9-16)4-6-20-7-5-15/h2-3,8H,4-7H2,1H3,(H,18,19). The Labute approximate surface area is 136 Å². The van der Waals surface area contributed by atoms with Crippen molar-refractivity contribution in [1.82, 2.24) is 10.3 Å². The van der Waals surface area contributed by atoms with Crippen molar-refractivity contribution in [3.05, 3.63) is 28.1 Å². The van der Waals surface area contributed by atoms with Gasteiger partial charge in [0.2, 0.25) is 0 Å². The van der Waals surface area contributed by atoms with Crippen LogP contribution in [0.5, 0.6) is 0 Å². The molecule has 0 saturated carbocycles. The van der Waals surface area contributed by atoms with E-state index < -0.39 is 5.54 Å². The minimum absolute atomic E-state index is 0.221. The molecular weight excluding hydrogens is 318 g/mol. The fraction of sp³-hybridized carbons (Fsp3) is 0.400. The SMILES string of the molecule is Cc1nc(-c2cccs2)sc1C(=O)NC1(C#N)CCOCC1. The van der Waals surface area contributed by atoms with Crippen LogP contribution in [0.1, 0.15) is 28.2 Å². The van der Waals surface area contributed by atoms with Crippen molar-refractivity contribution < 1.29 is 9.53 Å². The van der Waals surface area contributed by atoms with Crippen LogP contribution in [0.2, 0.25) is 0 Å². The summed E-state index contributed by atoms with van der Waals surface area (Å²) < 4.78 is 5.28. The number of hydrogen-bond donors (Lipinski definition) is 1. The molecule has 114 valence electrons. The maximum absolute atomic E-state index is 12.6. The van der Waals surface area contributed by atoms with E-state index in [4.69, 9.17) is 4.74 Å². The van der Waals surface area contributed by atoms with Crippen molar-refractivity contribution in [3.63, 3.8) is 0 Å². The summed E-state index contributed by atoms with van der Waals surface area (Å²) in [6, 6.07) is 6.19. The Balaban J connectivity index is 1.82. The Kier molecular flexibility index (Phi) is 4.25. The molecule has 1 aliphatic rings. The van der Waals surface area contributed by atoms with Crippen molar-refractivity contribution in [3.8, 4) is 16.0 Å². The van der Waals surface area contributed by atoms with Crippen LogP contribution in [0.15, 0.2) is 17.5 Å². The van der Waals surface area contributed by atoms with Crippen LogP contribution >= 0.6 is 22.7 Å². The molecule has 0 atom stereocenters. The summed E-state index contributed by atoms with van der Waals surface area (Å²) in [4.78, 5) is 18.7. The zero-order chi connectivity index (χ0) is 15.6. The molecule has 2 aromatic rings. The summed E-state index contributed by atoms with van der Waals surface area (Å²) in [6.07, 6.45) is 1.04. The largest absolute Gasteiger partial charge is 0.381 e. The van der Waals surface area contributed by atoms with Crippen LogP contribution in [0.3, 0.4) is 0 Å². The third kappa shape index (κ3) is 2.90. The van der Waals surface area contributed by atoms with E-state index in [-0.39, 0.29) is 5.91 Å². The van der Waals surface area contributed by atoms with Crippen molar-refractivity contribution >= 4 is 28.6 Å². The summed E-state index contributed by atoms with van der Waals surface area (Å²) in [5, 5.41) is 15.2. The summed E-state index contributed by atoms with van der Waals surface area (Å²) in [5.74, 6) is -0.221. The molecule has 5 nitrogen and oxygen atoms in total. The number of thiophene rings is 1. The van der Waals surface area contributed by atoms with Gasteiger partial charge in [0, 0.05) is 26.1 Å². The number of nitrogens with zero attached hydrogens (tertiary/aromatic N) is 2. The number of carbonyl (C=O) groups is 1. The van der Waals surface area contributed by atoms with Gasteiger partial charge in [-0.25, -0.2) is 4.98 Å². The highest BCUT2D eigenvalue weighted by Gasteiger charge is 2.35. The van der Waals surface area contributed by atoms with E-state index in [1.165, 1.54) is 11.3 Å². The van der Waals surface area contributed by atoms with E-state index in [1.54, 1.807) is 11.3 Å². The second-order valence-corrected chi connectivity index (χ2v) is 7.12. The van der Waals surface area contributed by atoms with Crippen molar-refractivity contribution in [2.45, 2.75) is 25.3 Å². The first kappa shape index (κ1) is 15.2. The number of thiazole rings is 1. The molecule has 7 heteroatoms. The Morgan fingerprint density at radius 3 is 2.91 bits per heavy atom. The van der Waals surface area contributed by atoms with Gasteiger partial charge in [-0.1, -0.05) is 6.07 Å². The van der Waals surface area contributed by atoms with E-state index in [2.05, 4.69) is 16.4 Å². The van der Waals surface area contributed by atoms with Gasteiger partial charge in [-0.05, 0) is 18.4 Å². The van der Waals surface area contributed by atoms with Gasteiger partial charge in [0.15, 0.2) is 0 Å². The second-order valence-electron chi connectivity index (χ2n) is 5.17. The fourth-order valence-electron chi connectivity index (χ4n) is 2.37. The molecular formula is C15H15N3O2S2. The lowest BCUT2D eigenvalue weighted by atomic mass is 9.91. The number of aromatic nitrogens is 1. The summed E-state index contributed by atoms with van der Waals surface area (Å²) >= 11 is 2.97. The molecule has 1 amide bonds. The van der Waals surface area contributed by atoms with Gasteiger partial charge >= 0.3 is 0 Å². The quantitative estimate of drug-likeness (QED) is 0.937. The molecule has 0 spiro atoms. The Morgan fingerprint density at radius 2 is 2.27 bits per heavy atom. The van der Waals surface area contributed by atoms with Gasteiger partial charge < -0.3 is 10.1 Å². The van der Waals surface area contributed by atoms with E-state index in [0.717, 1.165) is 9.88 Å². The number of aryl methyl sites for hydroxylation is 1. The molecule has 1 aliphatic heterocycles. The predicted octanol–water partition coefficient (Wildman–Crippen LogP) is 2.98.